The summed E-state index contributed by atoms with van der Waals surface area (Å²) in [5, 5.41) is 9.96. The van der Waals surface area contributed by atoms with Gasteiger partial charge < -0.3 is 24.5 Å². The summed E-state index contributed by atoms with van der Waals surface area (Å²) in [4.78, 5) is 16.9. The summed E-state index contributed by atoms with van der Waals surface area (Å²) in [6.45, 7) is 6.66. The lowest BCUT2D eigenvalue weighted by molar-refractivity contribution is 0.0503. The molecule has 2 aromatic heterocycles. The van der Waals surface area contributed by atoms with Crippen LogP contribution in [0.1, 0.15) is 50.4 Å². The van der Waals surface area contributed by atoms with Crippen molar-refractivity contribution in [1.82, 2.24) is 25.3 Å². The minimum absolute atomic E-state index is 0.179. The van der Waals surface area contributed by atoms with Gasteiger partial charge in [0.1, 0.15) is 6.04 Å². The van der Waals surface area contributed by atoms with Crippen LogP contribution in [0.3, 0.4) is 0 Å². The normalized spacial score (nSPS) is 16.6. The van der Waals surface area contributed by atoms with Gasteiger partial charge in [-0.05, 0) is 30.9 Å². The highest BCUT2D eigenvalue weighted by Gasteiger charge is 2.31. The first-order valence-corrected chi connectivity index (χ1v) is 9.20. The van der Waals surface area contributed by atoms with Crippen molar-refractivity contribution in [2.24, 2.45) is 5.92 Å². The van der Waals surface area contributed by atoms with Crippen LogP contribution in [0.15, 0.2) is 29.0 Å². The molecule has 8 heteroatoms. The van der Waals surface area contributed by atoms with Crippen molar-refractivity contribution in [3.8, 4) is 0 Å². The predicted octanol–water partition coefficient (Wildman–Crippen LogP) is 2.46. The molecule has 8 nitrogen and oxygen atoms in total. The predicted molar refractivity (Wildman–Crippen MR) is 95.6 cm³/mol. The first kappa shape index (κ1) is 18.4. The minimum atomic E-state index is -0.300. The summed E-state index contributed by atoms with van der Waals surface area (Å²) < 4.78 is 12.9. The third-order valence-corrected chi connectivity index (χ3v) is 4.59. The molecule has 3 heterocycles. The molecule has 3 rings (SSSR count). The van der Waals surface area contributed by atoms with Gasteiger partial charge in [-0.3, -0.25) is 0 Å². The molecule has 1 saturated heterocycles. The Balaban J connectivity index is 1.61. The van der Waals surface area contributed by atoms with E-state index >= 15 is 0 Å². The van der Waals surface area contributed by atoms with Gasteiger partial charge in [-0.2, -0.15) is 4.98 Å². The molecule has 2 amide bonds. The Morgan fingerprint density at radius 2 is 2.04 bits per heavy atom. The molecular formula is C18H27N5O3. The van der Waals surface area contributed by atoms with Gasteiger partial charge in [0.05, 0.1) is 0 Å². The van der Waals surface area contributed by atoms with E-state index in [9.17, 15) is 4.79 Å². The second-order valence-electron chi connectivity index (χ2n) is 6.89. The molecule has 1 atom stereocenters. The Morgan fingerprint density at radius 1 is 1.31 bits per heavy atom. The molecule has 0 aromatic carbocycles. The van der Waals surface area contributed by atoms with Crippen molar-refractivity contribution in [1.29, 1.82) is 0 Å². The zero-order valence-electron chi connectivity index (χ0n) is 15.4. The molecule has 1 fully saturated rings. The number of hydrogen-bond acceptors (Lipinski definition) is 5. The van der Waals surface area contributed by atoms with Crippen molar-refractivity contribution in [3.05, 3.63) is 36.2 Å². The van der Waals surface area contributed by atoms with E-state index < -0.39 is 0 Å². The van der Waals surface area contributed by atoms with Crippen LogP contribution in [-0.2, 0) is 11.3 Å². The van der Waals surface area contributed by atoms with Gasteiger partial charge in [0.25, 0.3) is 0 Å². The fourth-order valence-electron chi connectivity index (χ4n) is 3.05. The number of nitrogens with one attached hydrogen (secondary N) is 2. The van der Waals surface area contributed by atoms with Crippen LogP contribution < -0.4 is 10.6 Å². The van der Waals surface area contributed by atoms with Crippen LogP contribution in [0.4, 0.5) is 4.79 Å². The summed E-state index contributed by atoms with van der Waals surface area (Å²) in [7, 11) is 0. The maximum atomic E-state index is 12.4. The quantitative estimate of drug-likeness (QED) is 0.790. The van der Waals surface area contributed by atoms with Crippen LogP contribution >= 0.6 is 0 Å². The maximum absolute atomic E-state index is 12.4. The van der Waals surface area contributed by atoms with E-state index in [1.165, 1.54) is 0 Å². The molecule has 2 N–H and O–H groups in total. The van der Waals surface area contributed by atoms with E-state index in [1.807, 2.05) is 42.9 Å². The van der Waals surface area contributed by atoms with E-state index in [4.69, 9.17) is 9.26 Å². The van der Waals surface area contributed by atoms with Gasteiger partial charge in [0.2, 0.25) is 5.89 Å². The van der Waals surface area contributed by atoms with E-state index in [0.29, 0.717) is 31.5 Å². The largest absolute Gasteiger partial charge is 0.381 e. The number of aromatic nitrogens is 3. The third kappa shape index (κ3) is 4.85. The standard InChI is InChI=1S/C18H27N5O3/c1-13(2)16-21-17(26-22-16)15(14-5-11-25-12-6-14)20-18(24)19-7-10-23-8-3-4-9-23/h3-4,8-9,13-15H,5-7,10-12H2,1-2H3,(H2,19,20,24). The number of rotatable bonds is 7. The number of carbonyl (C=O) groups excluding carboxylic acids is 1. The zero-order chi connectivity index (χ0) is 18.4. The Labute approximate surface area is 153 Å². The number of amides is 2. The van der Waals surface area contributed by atoms with Crippen molar-refractivity contribution in [2.45, 2.75) is 45.2 Å². The summed E-state index contributed by atoms with van der Waals surface area (Å²) in [6.07, 6.45) is 5.65. The highest BCUT2D eigenvalue weighted by atomic mass is 16.5. The van der Waals surface area contributed by atoms with Gasteiger partial charge in [-0.25, -0.2) is 4.79 Å². The highest BCUT2D eigenvalue weighted by molar-refractivity contribution is 5.74. The first-order valence-electron chi connectivity index (χ1n) is 9.20. The molecule has 142 valence electrons. The molecule has 0 bridgehead atoms. The van der Waals surface area contributed by atoms with Crippen molar-refractivity contribution in [3.63, 3.8) is 0 Å². The van der Waals surface area contributed by atoms with Crippen LogP contribution in [0.2, 0.25) is 0 Å². The molecule has 1 aliphatic rings. The molecule has 0 aliphatic carbocycles. The Morgan fingerprint density at radius 3 is 2.69 bits per heavy atom. The average Bonchev–Trinajstić information content (AvgIpc) is 3.32. The fourth-order valence-corrected chi connectivity index (χ4v) is 3.05. The van der Waals surface area contributed by atoms with Crippen molar-refractivity contribution in [2.75, 3.05) is 19.8 Å². The number of ether oxygens (including phenoxy) is 1. The van der Waals surface area contributed by atoms with Crippen molar-refractivity contribution < 1.29 is 14.1 Å². The highest BCUT2D eigenvalue weighted by Crippen LogP contribution is 2.29. The molecule has 1 unspecified atom stereocenters. The summed E-state index contributed by atoms with van der Waals surface area (Å²) in [6, 6.07) is 3.40. The summed E-state index contributed by atoms with van der Waals surface area (Å²) >= 11 is 0. The van der Waals surface area contributed by atoms with E-state index in [0.717, 1.165) is 19.4 Å². The van der Waals surface area contributed by atoms with Gasteiger partial charge in [0.15, 0.2) is 5.82 Å². The third-order valence-electron chi connectivity index (χ3n) is 4.59. The first-order chi connectivity index (χ1) is 12.6. The lowest BCUT2D eigenvalue weighted by Crippen LogP contribution is -2.42. The monoisotopic (exact) mass is 361 g/mol. The smallest absolute Gasteiger partial charge is 0.315 e. The van der Waals surface area contributed by atoms with Gasteiger partial charge >= 0.3 is 6.03 Å². The molecule has 1 aliphatic heterocycles. The van der Waals surface area contributed by atoms with E-state index in [1.54, 1.807) is 0 Å². The second kappa shape index (κ2) is 8.84. The van der Waals surface area contributed by atoms with Crippen LogP contribution in [0.5, 0.6) is 0 Å². The molecular weight excluding hydrogens is 334 g/mol. The molecule has 2 aromatic rings. The van der Waals surface area contributed by atoms with Crippen LogP contribution in [-0.4, -0.2) is 40.5 Å². The molecule has 26 heavy (non-hydrogen) atoms. The summed E-state index contributed by atoms with van der Waals surface area (Å²) in [5.41, 5.74) is 0. The number of hydrogen-bond donors (Lipinski definition) is 2. The lowest BCUT2D eigenvalue weighted by Gasteiger charge is -2.28. The number of carbonyl (C=O) groups is 1. The molecule has 0 spiro atoms. The lowest BCUT2D eigenvalue weighted by atomic mass is 9.91. The fraction of sp³-hybridized carbons (Fsp3) is 0.611. The van der Waals surface area contributed by atoms with E-state index in [-0.39, 0.29) is 23.9 Å². The number of urea groups is 1. The molecule has 0 radical (unpaired) electrons. The second-order valence-corrected chi connectivity index (χ2v) is 6.89. The Bertz CT molecular complexity index is 677. The van der Waals surface area contributed by atoms with Crippen LogP contribution in [0, 0.1) is 5.92 Å². The van der Waals surface area contributed by atoms with Gasteiger partial charge in [-0.15, -0.1) is 0 Å². The maximum Gasteiger partial charge on any atom is 0.315 e. The van der Waals surface area contributed by atoms with Crippen LogP contribution in [0.25, 0.3) is 0 Å². The Hall–Kier alpha value is -2.35. The number of nitrogens with zero attached hydrogens (tertiary/aromatic N) is 3. The van der Waals surface area contributed by atoms with Crippen molar-refractivity contribution >= 4 is 6.03 Å². The zero-order valence-corrected chi connectivity index (χ0v) is 15.4. The molecule has 0 saturated carbocycles. The van der Waals surface area contributed by atoms with E-state index in [2.05, 4.69) is 20.8 Å². The SMILES string of the molecule is CC(C)c1noc(C(NC(=O)NCCn2cccc2)C2CCOCC2)n1. The topological polar surface area (TPSA) is 94.2 Å². The summed E-state index contributed by atoms with van der Waals surface area (Å²) in [5.74, 6) is 1.53. The Kier molecular flexibility index (Phi) is 6.27. The average molecular weight is 361 g/mol. The minimum Gasteiger partial charge on any atom is -0.381 e. The van der Waals surface area contributed by atoms with Gasteiger partial charge in [0, 0.05) is 44.6 Å². The van der Waals surface area contributed by atoms with Gasteiger partial charge in [-0.1, -0.05) is 19.0 Å².